The third-order valence-corrected chi connectivity index (χ3v) is 7.69. The van der Waals surface area contributed by atoms with E-state index in [2.05, 4.69) is 4.98 Å². The minimum Gasteiger partial charge on any atom is -0.508 e. The topological polar surface area (TPSA) is 93.6 Å². The molecule has 4 aromatic carbocycles. The van der Waals surface area contributed by atoms with E-state index in [-0.39, 0.29) is 21.3 Å². The van der Waals surface area contributed by atoms with E-state index >= 15 is 0 Å². The van der Waals surface area contributed by atoms with Gasteiger partial charge in [0, 0.05) is 17.7 Å². The second-order valence-electron chi connectivity index (χ2n) is 8.60. The van der Waals surface area contributed by atoms with Crippen LogP contribution in [-0.4, -0.2) is 24.3 Å². The lowest BCUT2D eigenvalue weighted by molar-refractivity contribution is 0.103. The molecule has 0 saturated heterocycles. The van der Waals surface area contributed by atoms with Crippen molar-refractivity contribution >= 4 is 15.6 Å². The molecule has 0 aliphatic rings. The zero-order valence-corrected chi connectivity index (χ0v) is 21.0. The van der Waals surface area contributed by atoms with Gasteiger partial charge in [0.2, 0.25) is 15.6 Å². The van der Waals surface area contributed by atoms with Crippen molar-refractivity contribution in [2.75, 3.05) is 0 Å². The van der Waals surface area contributed by atoms with Crippen LogP contribution in [0.2, 0.25) is 0 Å². The van der Waals surface area contributed by atoms with Crippen molar-refractivity contribution in [2.24, 2.45) is 0 Å². The fourth-order valence-corrected chi connectivity index (χ4v) is 5.17. The Kier molecular flexibility index (Phi) is 7.02. The van der Waals surface area contributed by atoms with Gasteiger partial charge >= 0.3 is 0 Å². The van der Waals surface area contributed by atoms with Gasteiger partial charge in [0.05, 0.1) is 9.79 Å². The number of hydrogen-bond acceptors (Lipinski definition) is 6. The van der Waals surface area contributed by atoms with Gasteiger partial charge < -0.3 is 9.84 Å². The number of nitrogens with zero attached hydrogens (tertiary/aromatic N) is 1. The van der Waals surface area contributed by atoms with Crippen LogP contribution in [0.15, 0.2) is 131 Å². The Morgan fingerprint density at radius 2 is 1.26 bits per heavy atom. The van der Waals surface area contributed by atoms with Crippen molar-refractivity contribution in [3.8, 4) is 17.2 Å². The number of ether oxygens (including phenoxy) is 1. The zero-order valence-electron chi connectivity index (χ0n) is 20.2. The molecule has 0 amide bonds. The summed E-state index contributed by atoms with van der Waals surface area (Å²) < 4.78 is 31.5. The van der Waals surface area contributed by atoms with Crippen molar-refractivity contribution in [1.29, 1.82) is 0 Å². The third-order valence-electron chi connectivity index (χ3n) is 5.90. The second kappa shape index (κ2) is 10.7. The first-order valence-corrected chi connectivity index (χ1v) is 13.3. The van der Waals surface area contributed by atoms with E-state index in [1.807, 2.05) is 54.6 Å². The second-order valence-corrected chi connectivity index (χ2v) is 10.6. The number of hydrogen-bond donors (Lipinski definition) is 1. The molecule has 1 N–H and O–H groups in total. The van der Waals surface area contributed by atoms with Crippen LogP contribution >= 0.6 is 0 Å². The summed E-state index contributed by atoms with van der Waals surface area (Å²) in [5, 5.41) is 9.40. The molecule has 1 aromatic heterocycles. The predicted molar refractivity (Wildman–Crippen MR) is 143 cm³/mol. The Balaban J connectivity index is 1.24. The smallest absolute Gasteiger partial charge is 0.211 e. The van der Waals surface area contributed by atoms with Gasteiger partial charge in [-0.2, -0.15) is 0 Å². The summed E-state index contributed by atoms with van der Waals surface area (Å²) in [4.78, 5) is 17.5. The maximum Gasteiger partial charge on any atom is 0.211 e. The van der Waals surface area contributed by atoms with Crippen LogP contribution in [0.5, 0.6) is 17.2 Å². The first-order chi connectivity index (χ1) is 18.4. The number of benzene rings is 4. The van der Waals surface area contributed by atoms with E-state index in [0.717, 1.165) is 11.3 Å². The lowest BCUT2D eigenvalue weighted by Crippen LogP contribution is -2.05. The number of ketones is 1. The van der Waals surface area contributed by atoms with E-state index in [1.165, 1.54) is 36.4 Å². The first kappa shape index (κ1) is 24.9. The molecule has 1 heterocycles. The normalized spacial score (nSPS) is 11.2. The molecule has 5 aromatic rings. The maximum atomic E-state index is 12.8. The van der Waals surface area contributed by atoms with E-state index in [1.54, 1.807) is 30.3 Å². The highest BCUT2D eigenvalue weighted by Gasteiger charge is 2.17. The van der Waals surface area contributed by atoms with Gasteiger partial charge in [-0.1, -0.05) is 48.5 Å². The number of sulfone groups is 1. The van der Waals surface area contributed by atoms with Crippen molar-refractivity contribution in [2.45, 2.75) is 16.2 Å². The lowest BCUT2D eigenvalue weighted by Gasteiger charge is -2.09. The number of rotatable bonds is 8. The molecule has 0 aliphatic carbocycles. The molecule has 0 atom stereocenters. The molecule has 0 unspecified atom stereocenters. The van der Waals surface area contributed by atoms with Gasteiger partial charge in [0.1, 0.15) is 22.9 Å². The maximum absolute atomic E-state index is 12.8. The highest BCUT2D eigenvalue weighted by atomic mass is 32.2. The first-order valence-electron chi connectivity index (χ1n) is 11.9. The number of phenolic OH excluding ortho intramolecular Hbond substituents is 1. The molecule has 0 radical (unpaired) electrons. The zero-order chi connectivity index (χ0) is 26.5. The molecular formula is C31H23NO5S. The van der Waals surface area contributed by atoms with Crippen LogP contribution in [0.1, 0.15) is 27.3 Å². The molecule has 7 heteroatoms. The SMILES string of the molecule is O=C(c1ccccc1)c1cccc(Cc2ccc(Oc3ccc(S(=O)(=O)c4ccc(O)cc4)cc3)cc2)n1. The summed E-state index contributed by atoms with van der Waals surface area (Å²) in [7, 11) is -3.70. The Bertz CT molecular complexity index is 1660. The number of aromatic nitrogens is 1. The molecule has 6 nitrogen and oxygen atoms in total. The minimum absolute atomic E-state index is 0.00154. The molecule has 0 aliphatic heterocycles. The van der Waals surface area contributed by atoms with Crippen molar-refractivity contribution in [3.63, 3.8) is 0 Å². The van der Waals surface area contributed by atoms with E-state index in [4.69, 9.17) is 4.74 Å². The van der Waals surface area contributed by atoms with Gasteiger partial charge in [0.25, 0.3) is 0 Å². The summed E-state index contributed by atoms with van der Waals surface area (Å²) in [6.07, 6.45) is 0.556. The van der Waals surface area contributed by atoms with Gasteiger partial charge in [-0.15, -0.1) is 0 Å². The van der Waals surface area contributed by atoms with Gasteiger partial charge in [-0.25, -0.2) is 13.4 Å². The highest BCUT2D eigenvalue weighted by Crippen LogP contribution is 2.27. The molecule has 0 saturated carbocycles. The lowest BCUT2D eigenvalue weighted by atomic mass is 10.1. The fraction of sp³-hybridized carbons (Fsp3) is 0.0323. The molecule has 5 rings (SSSR count). The van der Waals surface area contributed by atoms with Crippen LogP contribution < -0.4 is 4.74 Å². The summed E-state index contributed by atoms with van der Waals surface area (Å²) in [6.45, 7) is 0. The largest absolute Gasteiger partial charge is 0.508 e. The van der Waals surface area contributed by atoms with Crippen LogP contribution in [-0.2, 0) is 16.3 Å². The van der Waals surface area contributed by atoms with Crippen LogP contribution in [0.4, 0.5) is 0 Å². The van der Waals surface area contributed by atoms with E-state index in [9.17, 15) is 18.3 Å². The van der Waals surface area contributed by atoms with E-state index in [0.29, 0.717) is 29.2 Å². The average molecular weight is 522 g/mol. The molecule has 0 fully saturated rings. The number of carbonyl (C=O) groups excluding carboxylic acids is 1. The summed E-state index contributed by atoms with van der Waals surface area (Å²) >= 11 is 0. The fourth-order valence-electron chi connectivity index (χ4n) is 3.91. The standard InChI is InChI=1S/C31H23NO5S/c33-25-11-17-28(18-12-25)38(35,36)29-19-15-27(16-20-29)37-26-13-9-22(10-14-26)21-24-7-4-8-30(32-24)31(34)23-5-2-1-3-6-23/h1-20,33H,21H2. The van der Waals surface area contributed by atoms with Crippen molar-refractivity contribution < 1.29 is 23.1 Å². The number of carbonyl (C=O) groups is 1. The molecule has 188 valence electrons. The highest BCUT2D eigenvalue weighted by molar-refractivity contribution is 7.91. The molecule has 0 spiro atoms. The molecular weight excluding hydrogens is 498 g/mol. The average Bonchev–Trinajstić information content (AvgIpc) is 2.95. The van der Waals surface area contributed by atoms with Crippen molar-refractivity contribution in [1.82, 2.24) is 4.98 Å². The Morgan fingerprint density at radius 1 is 0.684 bits per heavy atom. The Morgan fingerprint density at radius 3 is 1.89 bits per heavy atom. The number of pyridine rings is 1. The van der Waals surface area contributed by atoms with Gasteiger partial charge in [0.15, 0.2) is 0 Å². The number of phenols is 1. The van der Waals surface area contributed by atoms with Crippen LogP contribution in [0, 0.1) is 0 Å². The molecule has 0 bridgehead atoms. The van der Waals surface area contributed by atoms with E-state index < -0.39 is 9.84 Å². The van der Waals surface area contributed by atoms with Gasteiger partial charge in [-0.05, 0) is 78.4 Å². The summed E-state index contributed by atoms with van der Waals surface area (Å²) in [5.41, 5.74) is 2.80. The quantitative estimate of drug-likeness (QED) is 0.243. The number of aromatic hydroxyl groups is 1. The molecule has 38 heavy (non-hydrogen) atoms. The third kappa shape index (κ3) is 5.63. The van der Waals surface area contributed by atoms with Crippen LogP contribution in [0.3, 0.4) is 0 Å². The summed E-state index contributed by atoms with van der Waals surface area (Å²) in [6, 6.07) is 33.6. The summed E-state index contributed by atoms with van der Waals surface area (Å²) in [5.74, 6) is 0.986. The van der Waals surface area contributed by atoms with Crippen LogP contribution in [0.25, 0.3) is 0 Å². The Hall–Kier alpha value is -4.75. The monoisotopic (exact) mass is 521 g/mol. The van der Waals surface area contributed by atoms with Crippen molar-refractivity contribution in [3.05, 3.63) is 144 Å². The van der Waals surface area contributed by atoms with Gasteiger partial charge in [-0.3, -0.25) is 4.79 Å². The predicted octanol–water partition coefficient (Wildman–Crippen LogP) is 6.23. The minimum atomic E-state index is -3.70. The Labute approximate surface area is 220 Å².